The summed E-state index contributed by atoms with van der Waals surface area (Å²) in [6.07, 6.45) is 0. The van der Waals surface area contributed by atoms with Gasteiger partial charge in [-0.15, -0.1) is 0 Å². The molecule has 0 aliphatic rings. The number of amides is 3. The number of urea groups is 1. The first-order valence-electron chi connectivity index (χ1n) is 9.60. The highest BCUT2D eigenvalue weighted by atomic mass is 16.4. The molecule has 10 nitrogen and oxygen atoms in total. The second kappa shape index (κ2) is 10.0. The number of hydrazine groups is 1. The summed E-state index contributed by atoms with van der Waals surface area (Å²) in [4.78, 5) is 36.0. The van der Waals surface area contributed by atoms with Crippen molar-refractivity contribution in [3.8, 4) is 0 Å². The van der Waals surface area contributed by atoms with Crippen LogP contribution < -0.4 is 27.2 Å². The highest BCUT2D eigenvalue weighted by molar-refractivity contribution is 6.05. The third-order valence-corrected chi connectivity index (χ3v) is 4.61. The second-order valence-electron chi connectivity index (χ2n) is 6.91. The first-order chi connectivity index (χ1) is 15.3. The van der Waals surface area contributed by atoms with E-state index in [0.29, 0.717) is 11.3 Å². The number of carboxylic acids is 1. The zero-order valence-electron chi connectivity index (χ0n) is 16.9. The van der Waals surface area contributed by atoms with Gasteiger partial charge in [0.25, 0.3) is 5.91 Å². The topological polar surface area (TPSA) is 169 Å². The molecule has 0 heterocycles. The number of imide groups is 1. The summed E-state index contributed by atoms with van der Waals surface area (Å²) in [6.45, 7) is -0.0900. The molecular formula is C22H22N6O4. The average molecular weight is 434 g/mol. The van der Waals surface area contributed by atoms with Crippen LogP contribution >= 0.6 is 0 Å². The third kappa shape index (κ3) is 5.80. The molecule has 0 radical (unpaired) electrons. The van der Waals surface area contributed by atoms with Crippen LogP contribution in [0.4, 0.5) is 10.5 Å². The van der Waals surface area contributed by atoms with Crippen molar-refractivity contribution in [1.29, 1.82) is 5.41 Å². The number of guanidine groups is 1. The van der Waals surface area contributed by atoms with Crippen LogP contribution in [0.5, 0.6) is 0 Å². The van der Waals surface area contributed by atoms with Crippen LogP contribution in [0.15, 0.2) is 66.7 Å². The lowest BCUT2D eigenvalue weighted by atomic mass is 9.96. The molecule has 32 heavy (non-hydrogen) atoms. The Morgan fingerprint density at radius 3 is 2.44 bits per heavy atom. The highest BCUT2D eigenvalue weighted by Crippen LogP contribution is 2.21. The average Bonchev–Trinajstić information content (AvgIpc) is 2.76. The van der Waals surface area contributed by atoms with Crippen LogP contribution in [0.3, 0.4) is 0 Å². The van der Waals surface area contributed by atoms with Gasteiger partial charge in [-0.3, -0.25) is 25.7 Å². The number of anilines is 1. The molecule has 0 aliphatic heterocycles. The number of benzene rings is 3. The van der Waals surface area contributed by atoms with Crippen molar-refractivity contribution in [2.24, 2.45) is 5.73 Å². The fourth-order valence-electron chi connectivity index (χ4n) is 3.11. The van der Waals surface area contributed by atoms with Crippen molar-refractivity contribution in [2.45, 2.75) is 5.92 Å². The van der Waals surface area contributed by atoms with Crippen molar-refractivity contribution in [3.63, 3.8) is 0 Å². The zero-order valence-corrected chi connectivity index (χ0v) is 16.9. The monoisotopic (exact) mass is 434 g/mol. The van der Waals surface area contributed by atoms with E-state index in [9.17, 15) is 19.5 Å². The molecule has 0 bridgehead atoms. The van der Waals surface area contributed by atoms with Crippen molar-refractivity contribution >= 4 is 40.3 Å². The molecule has 0 aliphatic carbocycles. The van der Waals surface area contributed by atoms with Gasteiger partial charge in [0.05, 0.1) is 5.92 Å². The molecule has 0 saturated heterocycles. The normalized spacial score (nSPS) is 11.4. The Labute approximate surface area is 183 Å². The molecule has 0 fully saturated rings. The molecule has 1 unspecified atom stereocenters. The van der Waals surface area contributed by atoms with Crippen molar-refractivity contribution < 1.29 is 19.5 Å². The number of carbonyl (C=O) groups is 3. The van der Waals surface area contributed by atoms with Crippen molar-refractivity contribution in [1.82, 2.24) is 16.2 Å². The van der Waals surface area contributed by atoms with Gasteiger partial charge in [-0.2, -0.15) is 0 Å². The van der Waals surface area contributed by atoms with Crippen LogP contribution in [0, 0.1) is 5.41 Å². The van der Waals surface area contributed by atoms with E-state index in [4.69, 9.17) is 11.1 Å². The smallest absolute Gasteiger partial charge is 0.336 e. The fraction of sp³-hybridized carbons (Fsp3) is 0.0909. The predicted molar refractivity (Wildman–Crippen MR) is 120 cm³/mol. The van der Waals surface area contributed by atoms with Crippen LogP contribution in [0.1, 0.15) is 21.8 Å². The van der Waals surface area contributed by atoms with E-state index in [1.807, 2.05) is 30.3 Å². The van der Waals surface area contributed by atoms with Crippen LogP contribution in [-0.4, -0.2) is 35.5 Å². The van der Waals surface area contributed by atoms with Crippen molar-refractivity contribution in [3.05, 3.63) is 77.9 Å². The van der Waals surface area contributed by atoms with E-state index in [0.717, 1.165) is 10.8 Å². The number of nitrogens with two attached hydrogens (primary N) is 1. The lowest BCUT2D eigenvalue weighted by Gasteiger charge is -2.15. The lowest BCUT2D eigenvalue weighted by Crippen LogP contribution is -2.48. The Balaban J connectivity index is 1.57. The van der Waals surface area contributed by atoms with E-state index in [2.05, 4.69) is 21.5 Å². The maximum absolute atomic E-state index is 12.2. The first kappa shape index (κ1) is 22.2. The maximum atomic E-state index is 12.2. The van der Waals surface area contributed by atoms with E-state index >= 15 is 0 Å². The molecule has 3 rings (SSSR count). The minimum absolute atomic E-state index is 0.0900. The molecule has 0 saturated carbocycles. The second-order valence-corrected chi connectivity index (χ2v) is 6.91. The van der Waals surface area contributed by atoms with Gasteiger partial charge in [0, 0.05) is 17.8 Å². The molecule has 3 amide bonds. The summed E-state index contributed by atoms with van der Waals surface area (Å²) in [5.74, 6) is -2.93. The molecule has 10 heteroatoms. The number of fused-ring (bicyclic) bond motifs is 1. The summed E-state index contributed by atoms with van der Waals surface area (Å²) < 4.78 is 0. The highest BCUT2D eigenvalue weighted by Gasteiger charge is 2.20. The number of hydrogen-bond donors (Lipinski definition) is 7. The maximum Gasteiger partial charge on any atom is 0.336 e. The fourth-order valence-corrected chi connectivity index (χ4v) is 3.11. The van der Waals surface area contributed by atoms with Gasteiger partial charge in [-0.05, 0) is 34.5 Å². The van der Waals surface area contributed by atoms with Gasteiger partial charge < -0.3 is 16.2 Å². The van der Waals surface area contributed by atoms with E-state index in [1.54, 1.807) is 24.3 Å². The van der Waals surface area contributed by atoms with Gasteiger partial charge >= 0.3 is 12.0 Å². The molecule has 3 aromatic rings. The van der Waals surface area contributed by atoms with Gasteiger partial charge in [-0.25, -0.2) is 10.2 Å². The number of carboxylic acid groups (broad SMARTS) is 1. The summed E-state index contributed by atoms with van der Waals surface area (Å²) in [5.41, 5.74) is 11.3. The number of rotatable bonds is 7. The Hall–Kier alpha value is -4.44. The molecule has 0 aromatic heterocycles. The summed E-state index contributed by atoms with van der Waals surface area (Å²) >= 11 is 0. The summed E-state index contributed by atoms with van der Waals surface area (Å²) in [6, 6.07) is 18.2. The Bertz CT molecular complexity index is 1180. The van der Waals surface area contributed by atoms with Crippen LogP contribution in [0.25, 0.3) is 10.8 Å². The quantitative estimate of drug-likeness (QED) is 0.169. The molecule has 0 spiro atoms. The van der Waals surface area contributed by atoms with Gasteiger partial charge in [0.1, 0.15) is 0 Å². The predicted octanol–water partition coefficient (Wildman–Crippen LogP) is 1.96. The molecule has 8 N–H and O–H groups in total. The molecule has 1 atom stereocenters. The number of hydrogen-bond acceptors (Lipinski definition) is 5. The zero-order chi connectivity index (χ0) is 23.1. The van der Waals surface area contributed by atoms with E-state index in [1.165, 1.54) is 12.1 Å². The summed E-state index contributed by atoms with van der Waals surface area (Å²) in [5, 5.41) is 23.4. The minimum Gasteiger partial charge on any atom is -0.481 e. The Morgan fingerprint density at radius 2 is 1.72 bits per heavy atom. The van der Waals surface area contributed by atoms with E-state index < -0.39 is 23.8 Å². The van der Waals surface area contributed by atoms with Crippen LogP contribution in [0.2, 0.25) is 0 Å². The van der Waals surface area contributed by atoms with Gasteiger partial charge in [-0.1, -0.05) is 48.5 Å². The minimum atomic E-state index is -1.05. The number of carbonyl (C=O) groups excluding carboxylic acids is 2. The lowest BCUT2D eigenvalue weighted by molar-refractivity contribution is -0.138. The van der Waals surface area contributed by atoms with E-state index in [-0.39, 0.29) is 18.1 Å². The van der Waals surface area contributed by atoms with Crippen molar-refractivity contribution in [2.75, 3.05) is 11.9 Å². The van der Waals surface area contributed by atoms with Crippen LogP contribution in [-0.2, 0) is 4.79 Å². The Kier molecular flexibility index (Phi) is 6.99. The Morgan fingerprint density at radius 1 is 0.969 bits per heavy atom. The number of nitrogens with one attached hydrogen (secondary N) is 5. The third-order valence-electron chi connectivity index (χ3n) is 4.61. The SMILES string of the molecule is N=C(N)Nc1cccc(C(=O)NC(=O)NNCC(C(=O)O)c2ccc3ccccc3c2)c1. The standard InChI is InChI=1S/C22H22N6O4/c23-21(24)26-17-7-3-6-16(11-17)19(29)27-22(32)28-25-12-18(20(30)31)15-9-8-13-4-1-2-5-14(13)10-15/h1-11,18,25H,12H2,(H,30,31)(H4,23,24,26)(H2,27,28,29,32). The largest absolute Gasteiger partial charge is 0.481 e. The summed E-state index contributed by atoms with van der Waals surface area (Å²) in [7, 11) is 0. The van der Waals surface area contributed by atoms with Gasteiger partial charge in [0.15, 0.2) is 5.96 Å². The molecule has 3 aromatic carbocycles. The van der Waals surface area contributed by atoms with Gasteiger partial charge in [0.2, 0.25) is 0 Å². The molecule has 164 valence electrons. The number of aliphatic carboxylic acids is 1. The first-order valence-corrected chi connectivity index (χ1v) is 9.60. The molecular weight excluding hydrogens is 412 g/mol.